The Hall–Kier alpha value is -1.56. The van der Waals surface area contributed by atoms with Gasteiger partial charge in [0.1, 0.15) is 5.82 Å². The zero-order chi connectivity index (χ0) is 16.1. The summed E-state index contributed by atoms with van der Waals surface area (Å²) < 4.78 is 68.1. The summed E-state index contributed by atoms with van der Waals surface area (Å²) in [5, 5.41) is 0.109. The Labute approximate surface area is 128 Å². The van der Waals surface area contributed by atoms with Crippen molar-refractivity contribution in [2.45, 2.75) is 31.6 Å². The molecule has 0 saturated carbocycles. The Balaban J connectivity index is 2.17. The monoisotopic (exact) mass is 335 g/mol. The van der Waals surface area contributed by atoms with Crippen LogP contribution in [0.1, 0.15) is 29.7 Å². The molecule has 0 atom stereocenters. The molecule has 0 fully saturated rings. The molecule has 1 aromatic heterocycles. The molecular formula is C15H11ClF5N. The summed E-state index contributed by atoms with van der Waals surface area (Å²) in [6.45, 7) is 0. The molecule has 1 aliphatic carbocycles. The van der Waals surface area contributed by atoms with Gasteiger partial charge in [0.2, 0.25) is 0 Å². The fourth-order valence-electron chi connectivity index (χ4n) is 2.83. The van der Waals surface area contributed by atoms with Crippen LogP contribution >= 0.6 is 11.6 Å². The van der Waals surface area contributed by atoms with Crippen molar-refractivity contribution in [3.63, 3.8) is 0 Å². The minimum atomic E-state index is -3.00. The lowest BCUT2D eigenvalue weighted by Crippen LogP contribution is -2.27. The molecule has 3 rings (SSSR count). The van der Waals surface area contributed by atoms with Crippen LogP contribution in [0.5, 0.6) is 0 Å². The van der Waals surface area contributed by atoms with Crippen LogP contribution in [0.3, 0.4) is 0 Å². The van der Waals surface area contributed by atoms with Crippen molar-refractivity contribution in [1.29, 1.82) is 0 Å². The molecule has 7 heteroatoms. The maximum Gasteiger partial charge on any atom is 0.265 e. The first-order valence-electron chi connectivity index (χ1n) is 6.62. The third kappa shape index (κ3) is 2.72. The van der Waals surface area contributed by atoms with E-state index in [2.05, 4.69) is 0 Å². The molecule has 22 heavy (non-hydrogen) atoms. The number of fused-ring (bicyclic) bond motifs is 1. The van der Waals surface area contributed by atoms with Gasteiger partial charge in [-0.15, -0.1) is 0 Å². The molecule has 1 aliphatic rings. The summed E-state index contributed by atoms with van der Waals surface area (Å²) >= 11 is 5.78. The smallest absolute Gasteiger partial charge is 0.265 e. The van der Waals surface area contributed by atoms with Gasteiger partial charge in [0.05, 0.1) is 0 Å². The van der Waals surface area contributed by atoms with Crippen LogP contribution in [-0.2, 0) is 12.8 Å². The Kier molecular flexibility index (Phi) is 3.67. The molecular weight excluding hydrogens is 325 g/mol. The van der Waals surface area contributed by atoms with E-state index >= 15 is 0 Å². The highest BCUT2D eigenvalue weighted by Gasteiger charge is 2.38. The zero-order valence-electron chi connectivity index (χ0n) is 11.2. The summed E-state index contributed by atoms with van der Waals surface area (Å²) in [5.41, 5.74) is 0.127. The predicted molar refractivity (Wildman–Crippen MR) is 72.7 cm³/mol. The SMILES string of the molecule is Fc1cc(Cl)cc(-n2cc(C(F)F)c3c2CCC(F)(F)C3)c1. The van der Waals surface area contributed by atoms with E-state index in [9.17, 15) is 22.0 Å². The number of alkyl halides is 4. The van der Waals surface area contributed by atoms with Crippen molar-refractivity contribution in [3.8, 4) is 5.69 Å². The van der Waals surface area contributed by atoms with E-state index in [4.69, 9.17) is 11.6 Å². The molecule has 0 amide bonds. The lowest BCUT2D eigenvalue weighted by molar-refractivity contribution is -0.0134. The average Bonchev–Trinajstić information content (AvgIpc) is 2.74. The second kappa shape index (κ2) is 5.26. The average molecular weight is 336 g/mol. The van der Waals surface area contributed by atoms with Crippen LogP contribution in [0.4, 0.5) is 22.0 Å². The molecule has 0 spiro atoms. The van der Waals surface area contributed by atoms with Gasteiger partial charge in [-0.25, -0.2) is 22.0 Å². The number of benzene rings is 1. The fraction of sp³-hybridized carbons (Fsp3) is 0.333. The summed E-state index contributed by atoms with van der Waals surface area (Å²) in [5.74, 6) is -3.62. The van der Waals surface area contributed by atoms with Crippen molar-refractivity contribution >= 4 is 11.6 Å². The van der Waals surface area contributed by atoms with Gasteiger partial charge in [-0.1, -0.05) is 11.6 Å². The first-order chi connectivity index (χ1) is 10.3. The Morgan fingerprint density at radius 1 is 1.18 bits per heavy atom. The Bertz CT molecular complexity index is 703. The maximum atomic E-state index is 13.5. The third-order valence-electron chi connectivity index (χ3n) is 3.78. The molecule has 0 bridgehead atoms. The van der Waals surface area contributed by atoms with Crippen LogP contribution in [0, 0.1) is 5.82 Å². The first kappa shape index (κ1) is 15.3. The quantitative estimate of drug-likeness (QED) is 0.654. The van der Waals surface area contributed by atoms with Crippen molar-refractivity contribution in [2.24, 2.45) is 0 Å². The van der Waals surface area contributed by atoms with Crippen molar-refractivity contribution in [1.82, 2.24) is 4.57 Å². The Morgan fingerprint density at radius 2 is 1.91 bits per heavy atom. The van der Waals surface area contributed by atoms with Crippen molar-refractivity contribution in [2.75, 3.05) is 0 Å². The van der Waals surface area contributed by atoms with Gasteiger partial charge in [-0.3, -0.25) is 0 Å². The highest BCUT2D eigenvalue weighted by molar-refractivity contribution is 6.30. The normalized spacial score (nSPS) is 16.9. The molecule has 118 valence electrons. The largest absolute Gasteiger partial charge is 0.320 e. The summed E-state index contributed by atoms with van der Waals surface area (Å²) in [4.78, 5) is 0. The van der Waals surface area contributed by atoms with Gasteiger partial charge in [0, 0.05) is 41.0 Å². The van der Waals surface area contributed by atoms with E-state index in [0.717, 1.165) is 18.3 Å². The van der Waals surface area contributed by atoms with Crippen LogP contribution < -0.4 is 0 Å². The summed E-state index contributed by atoms with van der Waals surface area (Å²) in [6, 6.07) is 3.63. The molecule has 0 aliphatic heterocycles. The topological polar surface area (TPSA) is 4.93 Å². The highest BCUT2D eigenvalue weighted by Crippen LogP contribution is 2.40. The second-order valence-corrected chi connectivity index (χ2v) is 5.78. The van der Waals surface area contributed by atoms with E-state index in [1.165, 1.54) is 10.6 Å². The molecule has 0 radical (unpaired) electrons. The summed E-state index contributed by atoms with van der Waals surface area (Å²) in [6.07, 6.45) is -2.97. The van der Waals surface area contributed by atoms with Gasteiger partial charge >= 0.3 is 0 Å². The maximum absolute atomic E-state index is 13.5. The van der Waals surface area contributed by atoms with Crippen molar-refractivity contribution < 1.29 is 22.0 Å². The van der Waals surface area contributed by atoms with E-state index < -0.39 is 36.6 Å². The van der Waals surface area contributed by atoms with Crippen molar-refractivity contribution in [3.05, 3.63) is 52.1 Å². The van der Waals surface area contributed by atoms with E-state index in [1.807, 2.05) is 0 Å². The Morgan fingerprint density at radius 3 is 2.55 bits per heavy atom. The highest BCUT2D eigenvalue weighted by atomic mass is 35.5. The second-order valence-electron chi connectivity index (χ2n) is 5.34. The van der Waals surface area contributed by atoms with E-state index in [0.29, 0.717) is 5.69 Å². The van der Waals surface area contributed by atoms with Crippen LogP contribution in [-0.4, -0.2) is 10.5 Å². The third-order valence-corrected chi connectivity index (χ3v) is 4.00. The molecule has 0 saturated heterocycles. The lowest BCUT2D eigenvalue weighted by Gasteiger charge is -2.24. The van der Waals surface area contributed by atoms with Crippen LogP contribution in [0.15, 0.2) is 24.4 Å². The van der Waals surface area contributed by atoms with Gasteiger partial charge in [-0.05, 0) is 30.2 Å². The minimum Gasteiger partial charge on any atom is -0.320 e. The number of hydrogen-bond donors (Lipinski definition) is 0. The molecule has 2 aromatic rings. The van der Waals surface area contributed by atoms with Gasteiger partial charge in [-0.2, -0.15) is 0 Å². The number of rotatable bonds is 2. The number of nitrogens with zero attached hydrogens (tertiary/aromatic N) is 1. The fourth-order valence-corrected chi connectivity index (χ4v) is 3.04. The molecule has 0 unspecified atom stereocenters. The standard InChI is InChI=1S/C15H11ClF5N/c16-8-3-9(17)5-10(4-8)22-7-12(14(18)19)11-6-15(20,21)2-1-13(11)22/h3-5,7,14H,1-2,6H2. The van der Waals surface area contributed by atoms with Gasteiger partial charge < -0.3 is 4.57 Å². The molecule has 1 aromatic carbocycles. The number of hydrogen-bond acceptors (Lipinski definition) is 0. The summed E-state index contributed by atoms with van der Waals surface area (Å²) in [7, 11) is 0. The van der Waals surface area contributed by atoms with Gasteiger partial charge in [0.15, 0.2) is 0 Å². The number of aromatic nitrogens is 1. The molecule has 1 heterocycles. The lowest BCUT2D eigenvalue weighted by atomic mass is 9.92. The first-order valence-corrected chi connectivity index (χ1v) is 7.00. The van der Waals surface area contributed by atoms with E-state index in [1.54, 1.807) is 0 Å². The van der Waals surface area contributed by atoms with E-state index in [-0.39, 0.29) is 22.7 Å². The number of halogens is 6. The minimum absolute atomic E-state index is 0.0494. The zero-order valence-corrected chi connectivity index (χ0v) is 12.0. The van der Waals surface area contributed by atoms with Crippen LogP contribution in [0.2, 0.25) is 5.02 Å². The predicted octanol–water partition coefficient (Wildman–Crippen LogP) is 5.33. The molecule has 1 nitrogen and oxygen atoms in total. The molecule has 0 N–H and O–H groups in total. The van der Waals surface area contributed by atoms with Gasteiger partial charge in [0.25, 0.3) is 12.3 Å². The van der Waals surface area contributed by atoms with Crippen LogP contribution in [0.25, 0.3) is 5.69 Å².